The number of nitrogens with zero attached hydrogens (tertiary/aromatic N) is 1. The first-order chi connectivity index (χ1) is 27.7. The monoisotopic (exact) mass is 731 g/mol. The van der Waals surface area contributed by atoms with Gasteiger partial charge in [-0.2, -0.15) is 0 Å². The zero-order valence-electron chi connectivity index (χ0n) is 30.7. The van der Waals surface area contributed by atoms with Gasteiger partial charge in [0.25, 0.3) is 0 Å². The molecule has 1 aromatic heterocycles. The zero-order valence-corrected chi connectivity index (χ0v) is 31.5. The number of rotatable bonds is 8. The third-order valence-corrected chi connectivity index (χ3v) is 11.9. The van der Waals surface area contributed by atoms with Crippen molar-refractivity contribution < 1.29 is 0 Å². The maximum Gasteiger partial charge on any atom is 0.0467 e. The molecule has 1 heterocycles. The molecule has 0 bridgehead atoms. The number of anilines is 3. The lowest BCUT2D eigenvalue weighted by Gasteiger charge is -2.26. The molecule has 0 saturated heterocycles. The lowest BCUT2D eigenvalue weighted by Crippen LogP contribution is -2.10. The van der Waals surface area contributed by atoms with E-state index in [1.165, 1.54) is 75.8 Å². The van der Waals surface area contributed by atoms with Crippen LogP contribution in [0.5, 0.6) is 0 Å². The van der Waals surface area contributed by atoms with Gasteiger partial charge >= 0.3 is 0 Å². The average molecular weight is 732 g/mol. The van der Waals surface area contributed by atoms with E-state index in [9.17, 15) is 0 Å². The van der Waals surface area contributed by atoms with Crippen molar-refractivity contribution >= 4 is 48.6 Å². The second kappa shape index (κ2) is 14.7. The van der Waals surface area contributed by atoms with Crippen LogP contribution in [-0.2, 0) is 0 Å². The highest BCUT2D eigenvalue weighted by Gasteiger charge is 2.16. The van der Waals surface area contributed by atoms with E-state index in [1.807, 2.05) is 11.3 Å². The molecule has 0 unspecified atom stereocenters. The molecule has 0 saturated carbocycles. The summed E-state index contributed by atoms with van der Waals surface area (Å²) in [5.74, 6) is 0. The Labute approximate surface area is 332 Å². The molecule has 0 atom stereocenters. The molecular weight excluding hydrogens is 695 g/mol. The fourth-order valence-electron chi connectivity index (χ4n) is 7.81. The molecule has 0 aliphatic heterocycles. The van der Waals surface area contributed by atoms with Crippen LogP contribution in [0.25, 0.3) is 75.8 Å². The normalized spacial score (nSPS) is 11.2. The van der Waals surface area contributed by atoms with Crippen molar-refractivity contribution in [2.75, 3.05) is 4.90 Å². The number of hydrogen-bond acceptors (Lipinski definition) is 2. The van der Waals surface area contributed by atoms with E-state index in [4.69, 9.17) is 0 Å². The molecule has 10 aromatic rings. The van der Waals surface area contributed by atoms with Gasteiger partial charge in [-0.15, -0.1) is 11.3 Å². The molecular formula is C54H37NS. The van der Waals surface area contributed by atoms with Gasteiger partial charge in [0.05, 0.1) is 0 Å². The van der Waals surface area contributed by atoms with Crippen LogP contribution in [-0.4, -0.2) is 0 Å². The topological polar surface area (TPSA) is 3.24 Å². The highest BCUT2D eigenvalue weighted by Crippen LogP contribution is 2.43. The van der Waals surface area contributed by atoms with Crippen molar-refractivity contribution in [1.82, 2.24) is 0 Å². The number of thiophene rings is 1. The van der Waals surface area contributed by atoms with Gasteiger partial charge in [0.1, 0.15) is 0 Å². The third kappa shape index (κ3) is 6.47. The Morgan fingerprint density at radius 1 is 0.268 bits per heavy atom. The van der Waals surface area contributed by atoms with Crippen molar-refractivity contribution in [3.05, 3.63) is 224 Å². The summed E-state index contributed by atoms with van der Waals surface area (Å²) >= 11 is 1.87. The van der Waals surface area contributed by atoms with Crippen LogP contribution in [0.1, 0.15) is 0 Å². The Hall–Kier alpha value is -7.00. The maximum absolute atomic E-state index is 2.37. The average Bonchev–Trinajstić information content (AvgIpc) is 3.67. The molecule has 1 nitrogen and oxygen atoms in total. The first-order valence-corrected chi connectivity index (χ1v) is 19.9. The second-order valence-corrected chi connectivity index (χ2v) is 15.2. The van der Waals surface area contributed by atoms with Crippen LogP contribution in [0.15, 0.2) is 224 Å². The summed E-state index contributed by atoms with van der Waals surface area (Å²) in [6.07, 6.45) is 0. The smallest absolute Gasteiger partial charge is 0.0467 e. The van der Waals surface area contributed by atoms with Crippen LogP contribution in [0, 0.1) is 0 Å². The molecule has 0 amide bonds. The molecule has 0 N–H and O–H groups in total. The van der Waals surface area contributed by atoms with Crippen LogP contribution in [0.4, 0.5) is 17.1 Å². The molecule has 0 fully saturated rings. The van der Waals surface area contributed by atoms with Gasteiger partial charge in [0.2, 0.25) is 0 Å². The molecule has 0 spiro atoms. The van der Waals surface area contributed by atoms with E-state index < -0.39 is 0 Å². The van der Waals surface area contributed by atoms with Crippen LogP contribution in [0.3, 0.4) is 0 Å². The fraction of sp³-hybridized carbons (Fsp3) is 0. The van der Waals surface area contributed by atoms with Gasteiger partial charge in [-0.1, -0.05) is 182 Å². The quantitative estimate of drug-likeness (QED) is 0.150. The van der Waals surface area contributed by atoms with E-state index in [0.717, 1.165) is 17.1 Å². The molecule has 2 heteroatoms. The van der Waals surface area contributed by atoms with Gasteiger partial charge < -0.3 is 4.90 Å². The maximum atomic E-state index is 2.37. The largest absolute Gasteiger partial charge is 0.310 e. The highest BCUT2D eigenvalue weighted by molar-refractivity contribution is 7.26. The van der Waals surface area contributed by atoms with Crippen LogP contribution < -0.4 is 4.90 Å². The molecule has 0 aliphatic carbocycles. The summed E-state index contributed by atoms with van der Waals surface area (Å²) < 4.78 is 2.64. The van der Waals surface area contributed by atoms with Crippen molar-refractivity contribution in [2.45, 2.75) is 0 Å². The van der Waals surface area contributed by atoms with Crippen molar-refractivity contribution in [3.63, 3.8) is 0 Å². The summed E-state index contributed by atoms with van der Waals surface area (Å²) in [4.78, 5) is 2.37. The first-order valence-electron chi connectivity index (χ1n) is 19.1. The van der Waals surface area contributed by atoms with E-state index in [-0.39, 0.29) is 0 Å². The molecule has 9 aromatic carbocycles. The summed E-state index contributed by atoms with van der Waals surface area (Å²) in [5.41, 5.74) is 15.5. The SMILES string of the molecule is c1ccc(-c2ccc(-c3ccc(N(c4ccc(-c5ccc(-c6ccccc6)cc5)cc4)c4cccc(-c5cccc6c5sc5ccccc56)c4)cc3)cc2)cc1. The molecule has 10 rings (SSSR count). The Bertz CT molecular complexity index is 2780. The minimum absolute atomic E-state index is 1.10. The van der Waals surface area contributed by atoms with E-state index in [1.54, 1.807) is 0 Å². The van der Waals surface area contributed by atoms with Gasteiger partial charge in [-0.05, 0) is 98.1 Å². The fourth-order valence-corrected chi connectivity index (χ4v) is 9.05. The van der Waals surface area contributed by atoms with E-state index >= 15 is 0 Å². The first kappa shape index (κ1) is 33.6. The van der Waals surface area contributed by atoms with Gasteiger partial charge in [-0.3, -0.25) is 0 Å². The molecule has 264 valence electrons. The number of hydrogen-bond donors (Lipinski definition) is 0. The van der Waals surface area contributed by atoms with Crippen molar-refractivity contribution in [2.24, 2.45) is 0 Å². The minimum Gasteiger partial charge on any atom is -0.310 e. The summed E-state index contributed by atoms with van der Waals surface area (Å²) in [6, 6.07) is 81.2. The predicted molar refractivity (Wildman–Crippen MR) is 241 cm³/mol. The Balaban J connectivity index is 1.02. The van der Waals surface area contributed by atoms with Gasteiger partial charge in [-0.25, -0.2) is 0 Å². The Morgan fingerprint density at radius 3 is 1.18 bits per heavy atom. The highest BCUT2D eigenvalue weighted by atomic mass is 32.1. The molecule has 0 radical (unpaired) electrons. The van der Waals surface area contributed by atoms with E-state index in [2.05, 4.69) is 229 Å². The predicted octanol–water partition coefficient (Wildman–Crippen LogP) is 15.9. The van der Waals surface area contributed by atoms with E-state index in [0.29, 0.717) is 0 Å². The van der Waals surface area contributed by atoms with Gasteiger partial charge in [0, 0.05) is 37.2 Å². The van der Waals surface area contributed by atoms with Crippen LogP contribution >= 0.6 is 11.3 Å². The zero-order chi connectivity index (χ0) is 37.3. The Kier molecular flexibility index (Phi) is 8.79. The number of benzene rings is 9. The summed E-state index contributed by atoms with van der Waals surface area (Å²) in [7, 11) is 0. The summed E-state index contributed by atoms with van der Waals surface area (Å²) in [6.45, 7) is 0. The molecule has 0 aliphatic rings. The lowest BCUT2D eigenvalue weighted by molar-refractivity contribution is 1.28. The third-order valence-electron chi connectivity index (χ3n) is 10.7. The standard InChI is InChI=1S/C54H37NS/c1-3-11-38(12-4-1)40-21-25-42(26-22-40)44-29-33-47(34-30-44)55(48-35-31-45(32-36-48)43-27-23-41(24-28-43)39-13-5-2-6-14-39)49-16-9-15-46(37-49)50-18-10-19-52-51-17-7-8-20-53(51)56-54(50)52/h1-37H. The lowest BCUT2D eigenvalue weighted by atomic mass is 9.99. The summed E-state index contributed by atoms with van der Waals surface area (Å²) in [5, 5.41) is 2.63. The van der Waals surface area contributed by atoms with Crippen molar-refractivity contribution in [1.29, 1.82) is 0 Å². The van der Waals surface area contributed by atoms with Crippen LogP contribution in [0.2, 0.25) is 0 Å². The number of fused-ring (bicyclic) bond motifs is 3. The van der Waals surface area contributed by atoms with Gasteiger partial charge in [0.15, 0.2) is 0 Å². The second-order valence-electron chi connectivity index (χ2n) is 14.1. The molecule has 56 heavy (non-hydrogen) atoms. The minimum atomic E-state index is 1.10. The Morgan fingerprint density at radius 2 is 0.661 bits per heavy atom. The van der Waals surface area contributed by atoms with Crippen molar-refractivity contribution in [3.8, 4) is 55.6 Å².